The fraction of sp³-hybridized carbons (Fsp3) is 0.455. The van der Waals surface area contributed by atoms with Crippen molar-refractivity contribution in [1.29, 1.82) is 0 Å². The van der Waals surface area contributed by atoms with Crippen molar-refractivity contribution in [2.75, 3.05) is 18.9 Å². The molecule has 1 unspecified atom stereocenters. The first kappa shape index (κ1) is 10.9. The summed E-state index contributed by atoms with van der Waals surface area (Å²) in [7, 11) is 0. The summed E-state index contributed by atoms with van der Waals surface area (Å²) in [6, 6.07) is 5.59. The van der Waals surface area contributed by atoms with Crippen LogP contribution in [-0.2, 0) is 0 Å². The van der Waals surface area contributed by atoms with Crippen molar-refractivity contribution in [2.45, 2.75) is 13.8 Å². The predicted octanol–water partition coefficient (Wildman–Crippen LogP) is 1.58. The van der Waals surface area contributed by atoms with Gasteiger partial charge in [0.15, 0.2) is 0 Å². The molecule has 0 spiro atoms. The van der Waals surface area contributed by atoms with Crippen molar-refractivity contribution in [1.82, 2.24) is 0 Å². The minimum Gasteiger partial charge on any atom is -0.493 e. The summed E-state index contributed by atoms with van der Waals surface area (Å²) in [5.41, 5.74) is 7.42. The van der Waals surface area contributed by atoms with E-state index in [1.165, 1.54) is 0 Å². The third-order valence-corrected chi connectivity index (χ3v) is 2.16. The molecule has 1 rings (SSSR count). The number of benzene rings is 1. The van der Waals surface area contributed by atoms with Gasteiger partial charge < -0.3 is 15.6 Å². The highest BCUT2D eigenvalue weighted by atomic mass is 16.5. The second kappa shape index (κ2) is 4.86. The van der Waals surface area contributed by atoms with E-state index in [0.29, 0.717) is 6.61 Å². The molecule has 0 radical (unpaired) electrons. The molecule has 3 heteroatoms. The minimum atomic E-state index is 0.140. The van der Waals surface area contributed by atoms with Gasteiger partial charge in [0.05, 0.1) is 6.61 Å². The molecule has 3 N–H and O–H groups in total. The number of anilines is 1. The van der Waals surface area contributed by atoms with Crippen LogP contribution in [0.2, 0.25) is 0 Å². The lowest BCUT2D eigenvalue weighted by Gasteiger charge is -2.13. The van der Waals surface area contributed by atoms with Crippen LogP contribution in [0, 0.1) is 12.8 Å². The van der Waals surface area contributed by atoms with Crippen molar-refractivity contribution in [3.8, 4) is 5.75 Å². The largest absolute Gasteiger partial charge is 0.493 e. The molecule has 1 aromatic carbocycles. The van der Waals surface area contributed by atoms with Crippen molar-refractivity contribution in [3.63, 3.8) is 0 Å². The van der Waals surface area contributed by atoms with Crippen molar-refractivity contribution >= 4 is 5.69 Å². The van der Waals surface area contributed by atoms with Crippen LogP contribution >= 0.6 is 0 Å². The van der Waals surface area contributed by atoms with Crippen LogP contribution in [0.25, 0.3) is 0 Å². The fourth-order valence-corrected chi connectivity index (χ4v) is 1.07. The van der Waals surface area contributed by atoms with Gasteiger partial charge in [-0.2, -0.15) is 0 Å². The molecule has 0 aliphatic rings. The van der Waals surface area contributed by atoms with E-state index in [4.69, 9.17) is 15.6 Å². The van der Waals surface area contributed by atoms with E-state index >= 15 is 0 Å². The predicted molar refractivity (Wildman–Crippen MR) is 57.3 cm³/mol. The molecule has 0 fully saturated rings. The Hall–Kier alpha value is -1.22. The molecule has 0 aliphatic carbocycles. The minimum absolute atomic E-state index is 0.140. The third-order valence-electron chi connectivity index (χ3n) is 2.16. The number of ether oxygens (including phenoxy) is 1. The summed E-state index contributed by atoms with van der Waals surface area (Å²) >= 11 is 0. The first-order valence-electron chi connectivity index (χ1n) is 4.74. The Kier molecular flexibility index (Phi) is 3.77. The Morgan fingerprint density at radius 1 is 1.50 bits per heavy atom. The molecule has 0 aromatic heterocycles. The van der Waals surface area contributed by atoms with Crippen molar-refractivity contribution < 1.29 is 9.84 Å². The molecule has 1 aromatic rings. The number of hydrogen-bond donors (Lipinski definition) is 2. The van der Waals surface area contributed by atoms with Gasteiger partial charge in [0.1, 0.15) is 5.75 Å². The normalized spacial score (nSPS) is 12.5. The van der Waals surface area contributed by atoms with Gasteiger partial charge in [0, 0.05) is 23.8 Å². The highest BCUT2D eigenvalue weighted by molar-refractivity contribution is 5.53. The summed E-state index contributed by atoms with van der Waals surface area (Å²) < 4.78 is 5.53. The summed E-state index contributed by atoms with van der Waals surface area (Å²) in [4.78, 5) is 0. The zero-order valence-electron chi connectivity index (χ0n) is 8.66. The monoisotopic (exact) mass is 195 g/mol. The Balaban J connectivity index is 2.63. The fourth-order valence-electron chi connectivity index (χ4n) is 1.07. The molecule has 14 heavy (non-hydrogen) atoms. The van der Waals surface area contributed by atoms with E-state index < -0.39 is 0 Å². The van der Waals surface area contributed by atoms with E-state index in [1.807, 2.05) is 32.0 Å². The molecule has 0 bridgehead atoms. The van der Waals surface area contributed by atoms with E-state index in [9.17, 15) is 0 Å². The number of aliphatic hydroxyl groups excluding tert-OH is 1. The van der Waals surface area contributed by atoms with E-state index in [1.54, 1.807) is 0 Å². The van der Waals surface area contributed by atoms with Gasteiger partial charge >= 0.3 is 0 Å². The maximum Gasteiger partial charge on any atom is 0.124 e. The summed E-state index contributed by atoms with van der Waals surface area (Å²) in [6.45, 7) is 4.51. The molecule has 1 atom stereocenters. The number of aliphatic hydroxyl groups is 1. The van der Waals surface area contributed by atoms with Gasteiger partial charge in [-0.1, -0.05) is 13.0 Å². The van der Waals surface area contributed by atoms with Crippen LogP contribution < -0.4 is 10.5 Å². The van der Waals surface area contributed by atoms with Gasteiger partial charge in [-0.3, -0.25) is 0 Å². The average molecular weight is 195 g/mol. The maximum absolute atomic E-state index is 8.83. The first-order valence-corrected chi connectivity index (χ1v) is 4.74. The lowest BCUT2D eigenvalue weighted by atomic mass is 10.2. The molecule has 0 saturated heterocycles. The zero-order chi connectivity index (χ0) is 10.6. The molecular formula is C11H17NO2. The number of nitrogen functional groups attached to an aromatic ring is 1. The standard InChI is InChI=1S/C11H17NO2/c1-8(6-13)7-14-11-5-3-4-10(12)9(11)2/h3-5,8,13H,6-7,12H2,1-2H3. The summed E-state index contributed by atoms with van der Waals surface area (Å²) in [5.74, 6) is 0.945. The van der Waals surface area contributed by atoms with E-state index in [2.05, 4.69) is 0 Å². The molecule has 3 nitrogen and oxygen atoms in total. The molecular weight excluding hydrogens is 178 g/mol. The summed E-state index contributed by atoms with van der Waals surface area (Å²) in [5, 5.41) is 8.83. The highest BCUT2D eigenvalue weighted by Crippen LogP contribution is 2.23. The second-order valence-electron chi connectivity index (χ2n) is 3.57. The topological polar surface area (TPSA) is 55.5 Å². The van der Waals surface area contributed by atoms with Crippen LogP contribution in [0.1, 0.15) is 12.5 Å². The van der Waals surface area contributed by atoms with Gasteiger partial charge in [0.25, 0.3) is 0 Å². The van der Waals surface area contributed by atoms with Crippen LogP contribution in [0.3, 0.4) is 0 Å². The Bertz CT molecular complexity index is 299. The van der Waals surface area contributed by atoms with Gasteiger partial charge in [0.2, 0.25) is 0 Å². The molecule has 0 saturated carbocycles. The van der Waals surface area contributed by atoms with Gasteiger partial charge in [-0.15, -0.1) is 0 Å². The Morgan fingerprint density at radius 3 is 2.86 bits per heavy atom. The van der Waals surface area contributed by atoms with Gasteiger partial charge in [-0.25, -0.2) is 0 Å². The average Bonchev–Trinajstić information content (AvgIpc) is 2.20. The highest BCUT2D eigenvalue weighted by Gasteiger charge is 2.04. The van der Waals surface area contributed by atoms with Crippen molar-refractivity contribution in [3.05, 3.63) is 23.8 Å². The first-order chi connectivity index (χ1) is 6.65. The van der Waals surface area contributed by atoms with Crippen LogP contribution in [-0.4, -0.2) is 18.3 Å². The maximum atomic E-state index is 8.83. The smallest absolute Gasteiger partial charge is 0.124 e. The van der Waals surface area contributed by atoms with E-state index in [0.717, 1.165) is 17.0 Å². The molecule has 78 valence electrons. The number of nitrogens with two attached hydrogens (primary N) is 1. The molecule has 0 heterocycles. The summed E-state index contributed by atoms with van der Waals surface area (Å²) in [6.07, 6.45) is 0. The zero-order valence-corrected chi connectivity index (χ0v) is 8.66. The van der Waals surface area contributed by atoms with Gasteiger partial charge in [-0.05, 0) is 19.1 Å². The molecule has 0 aliphatic heterocycles. The second-order valence-corrected chi connectivity index (χ2v) is 3.57. The number of hydrogen-bond acceptors (Lipinski definition) is 3. The molecule has 0 amide bonds. The van der Waals surface area contributed by atoms with Crippen LogP contribution in [0.15, 0.2) is 18.2 Å². The third kappa shape index (κ3) is 2.64. The lowest BCUT2D eigenvalue weighted by Crippen LogP contribution is -2.12. The SMILES string of the molecule is Cc1c(N)cccc1OCC(C)CO. The Morgan fingerprint density at radius 2 is 2.21 bits per heavy atom. The Labute approximate surface area is 84.5 Å². The van der Waals surface area contributed by atoms with Crippen LogP contribution in [0.4, 0.5) is 5.69 Å². The quantitative estimate of drug-likeness (QED) is 0.717. The van der Waals surface area contributed by atoms with Crippen molar-refractivity contribution in [2.24, 2.45) is 5.92 Å². The lowest BCUT2D eigenvalue weighted by molar-refractivity contribution is 0.174. The number of rotatable bonds is 4. The van der Waals surface area contributed by atoms with E-state index in [-0.39, 0.29) is 12.5 Å². The van der Waals surface area contributed by atoms with Crippen LogP contribution in [0.5, 0.6) is 5.75 Å².